The molecule has 0 aliphatic heterocycles. The van der Waals surface area contributed by atoms with Crippen molar-refractivity contribution in [3.63, 3.8) is 0 Å². The van der Waals surface area contributed by atoms with Gasteiger partial charge in [0.05, 0.1) is 5.69 Å². The van der Waals surface area contributed by atoms with Crippen LogP contribution in [0.5, 0.6) is 0 Å². The van der Waals surface area contributed by atoms with Gasteiger partial charge in [0.2, 0.25) is 0 Å². The Morgan fingerprint density at radius 2 is 2.25 bits per heavy atom. The van der Waals surface area contributed by atoms with E-state index in [1.165, 1.54) is 6.07 Å². The van der Waals surface area contributed by atoms with E-state index in [1.807, 2.05) is 22.0 Å². The molecule has 0 aliphatic rings. The first-order chi connectivity index (χ1) is 7.75. The maximum absolute atomic E-state index is 13.2. The highest BCUT2D eigenvalue weighted by atomic mass is 32.1. The summed E-state index contributed by atoms with van der Waals surface area (Å²) < 4.78 is 15.2. The van der Waals surface area contributed by atoms with Crippen LogP contribution in [0.25, 0.3) is 16.2 Å². The molecule has 0 atom stereocenters. The molecule has 0 amide bonds. The number of fused-ring (bicyclic) bond motifs is 1. The average Bonchev–Trinajstić information content (AvgIpc) is 2.83. The fourth-order valence-corrected chi connectivity index (χ4v) is 2.60. The van der Waals surface area contributed by atoms with E-state index in [-0.39, 0.29) is 5.82 Å². The standard InChI is InChI=1S/C12H9FN2S/c1-8-6-9(2-3-10(8)13)11-7-16-12-14-4-5-15(11)12/h2-7H,1H3. The Kier molecular flexibility index (Phi) is 2.04. The lowest BCUT2D eigenvalue weighted by Gasteiger charge is -2.02. The number of imidazole rings is 1. The van der Waals surface area contributed by atoms with Gasteiger partial charge in [0.15, 0.2) is 4.96 Å². The summed E-state index contributed by atoms with van der Waals surface area (Å²) in [4.78, 5) is 5.17. The highest BCUT2D eigenvalue weighted by molar-refractivity contribution is 7.15. The van der Waals surface area contributed by atoms with Gasteiger partial charge in [0, 0.05) is 17.8 Å². The van der Waals surface area contributed by atoms with Crippen molar-refractivity contribution in [3.8, 4) is 11.3 Å². The van der Waals surface area contributed by atoms with Gasteiger partial charge in [-0.15, -0.1) is 11.3 Å². The molecule has 0 aliphatic carbocycles. The summed E-state index contributed by atoms with van der Waals surface area (Å²) in [5.74, 6) is -0.166. The third kappa shape index (κ3) is 1.34. The maximum Gasteiger partial charge on any atom is 0.194 e. The molecular weight excluding hydrogens is 223 g/mol. The number of halogens is 1. The number of hydrogen-bond donors (Lipinski definition) is 0. The highest BCUT2D eigenvalue weighted by Crippen LogP contribution is 2.26. The van der Waals surface area contributed by atoms with Gasteiger partial charge in [-0.25, -0.2) is 9.37 Å². The van der Waals surface area contributed by atoms with Crippen LogP contribution in [-0.4, -0.2) is 9.38 Å². The lowest BCUT2D eigenvalue weighted by Crippen LogP contribution is -1.87. The first-order valence-electron chi connectivity index (χ1n) is 4.93. The fraction of sp³-hybridized carbons (Fsp3) is 0.0833. The molecule has 0 N–H and O–H groups in total. The van der Waals surface area contributed by atoms with Crippen molar-refractivity contribution in [2.24, 2.45) is 0 Å². The van der Waals surface area contributed by atoms with Gasteiger partial charge in [0.1, 0.15) is 5.82 Å². The molecule has 0 bridgehead atoms. The van der Waals surface area contributed by atoms with Gasteiger partial charge >= 0.3 is 0 Å². The Balaban J connectivity index is 2.23. The van der Waals surface area contributed by atoms with E-state index in [4.69, 9.17) is 0 Å². The molecule has 16 heavy (non-hydrogen) atoms. The van der Waals surface area contributed by atoms with Crippen molar-refractivity contribution in [1.82, 2.24) is 9.38 Å². The van der Waals surface area contributed by atoms with Gasteiger partial charge < -0.3 is 0 Å². The lowest BCUT2D eigenvalue weighted by atomic mass is 10.1. The topological polar surface area (TPSA) is 17.3 Å². The summed E-state index contributed by atoms with van der Waals surface area (Å²) in [6, 6.07) is 5.16. The smallest absolute Gasteiger partial charge is 0.194 e. The van der Waals surface area contributed by atoms with E-state index in [2.05, 4.69) is 4.98 Å². The second-order valence-electron chi connectivity index (χ2n) is 3.66. The highest BCUT2D eigenvalue weighted by Gasteiger charge is 2.07. The Morgan fingerprint density at radius 1 is 1.38 bits per heavy atom. The quantitative estimate of drug-likeness (QED) is 0.627. The van der Waals surface area contributed by atoms with E-state index in [0.717, 1.165) is 16.2 Å². The van der Waals surface area contributed by atoms with E-state index in [9.17, 15) is 4.39 Å². The summed E-state index contributed by atoms with van der Waals surface area (Å²) in [5, 5.41) is 2.04. The Bertz CT molecular complexity index is 654. The number of benzene rings is 1. The minimum atomic E-state index is -0.166. The van der Waals surface area contributed by atoms with Gasteiger partial charge in [0.25, 0.3) is 0 Å². The first-order valence-corrected chi connectivity index (χ1v) is 5.81. The molecule has 4 heteroatoms. The van der Waals surface area contributed by atoms with Crippen LogP contribution >= 0.6 is 11.3 Å². The van der Waals surface area contributed by atoms with Crippen molar-refractivity contribution in [1.29, 1.82) is 0 Å². The fourth-order valence-electron chi connectivity index (χ4n) is 1.74. The van der Waals surface area contributed by atoms with Crippen LogP contribution in [-0.2, 0) is 0 Å². The van der Waals surface area contributed by atoms with Crippen molar-refractivity contribution in [2.75, 3.05) is 0 Å². The molecule has 80 valence electrons. The molecule has 0 saturated carbocycles. The normalized spacial score (nSPS) is 11.1. The van der Waals surface area contributed by atoms with Gasteiger partial charge in [-0.2, -0.15) is 0 Å². The second kappa shape index (κ2) is 3.42. The van der Waals surface area contributed by atoms with Crippen molar-refractivity contribution in [2.45, 2.75) is 6.92 Å². The zero-order chi connectivity index (χ0) is 11.1. The maximum atomic E-state index is 13.2. The summed E-state index contributed by atoms with van der Waals surface area (Å²) in [6.07, 6.45) is 3.69. The Morgan fingerprint density at radius 3 is 3.06 bits per heavy atom. The van der Waals surface area contributed by atoms with Crippen molar-refractivity contribution in [3.05, 3.63) is 47.4 Å². The van der Waals surface area contributed by atoms with Crippen LogP contribution in [0, 0.1) is 12.7 Å². The molecule has 2 heterocycles. The number of aryl methyl sites for hydroxylation is 1. The number of hydrogen-bond acceptors (Lipinski definition) is 2. The molecule has 2 aromatic heterocycles. The molecule has 0 unspecified atom stereocenters. The predicted octanol–water partition coefficient (Wildman–Crippen LogP) is 3.51. The molecule has 2 nitrogen and oxygen atoms in total. The monoisotopic (exact) mass is 232 g/mol. The minimum Gasteiger partial charge on any atom is -0.290 e. The molecule has 0 fully saturated rings. The van der Waals surface area contributed by atoms with Crippen LogP contribution in [0.15, 0.2) is 36.0 Å². The first kappa shape index (κ1) is 9.54. The predicted molar refractivity (Wildman–Crippen MR) is 63.2 cm³/mol. The average molecular weight is 232 g/mol. The van der Waals surface area contributed by atoms with E-state index in [1.54, 1.807) is 30.5 Å². The number of rotatable bonds is 1. The molecule has 3 aromatic rings. The largest absolute Gasteiger partial charge is 0.290 e. The minimum absolute atomic E-state index is 0.166. The molecule has 3 rings (SSSR count). The van der Waals surface area contributed by atoms with Gasteiger partial charge in [-0.05, 0) is 36.2 Å². The van der Waals surface area contributed by atoms with Crippen LogP contribution in [0.3, 0.4) is 0 Å². The zero-order valence-corrected chi connectivity index (χ0v) is 9.46. The number of thiazole rings is 1. The van der Waals surface area contributed by atoms with Crippen molar-refractivity contribution < 1.29 is 4.39 Å². The lowest BCUT2D eigenvalue weighted by molar-refractivity contribution is 0.619. The van der Waals surface area contributed by atoms with E-state index >= 15 is 0 Å². The third-order valence-electron chi connectivity index (χ3n) is 2.60. The third-order valence-corrected chi connectivity index (χ3v) is 3.45. The summed E-state index contributed by atoms with van der Waals surface area (Å²) in [6.45, 7) is 1.77. The van der Waals surface area contributed by atoms with E-state index < -0.39 is 0 Å². The summed E-state index contributed by atoms with van der Waals surface area (Å²) in [5.41, 5.74) is 2.74. The molecular formula is C12H9FN2S. The molecule has 0 radical (unpaired) electrons. The van der Waals surface area contributed by atoms with Crippen LogP contribution in [0.2, 0.25) is 0 Å². The second-order valence-corrected chi connectivity index (χ2v) is 4.50. The number of nitrogens with zero attached hydrogens (tertiary/aromatic N) is 2. The molecule has 0 saturated heterocycles. The Hall–Kier alpha value is -1.68. The van der Waals surface area contributed by atoms with E-state index in [0.29, 0.717) is 5.56 Å². The molecule has 1 aromatic carbocycles. The SMILES string of the molecule is Cc1cc(-c2csc3nccn23)ccc1F. The van der Waals surface area contributed by atoms with Crippen LogP contribution < -0.4 is 0 Å². The van der Waals surface area contributed by atoms with Gasteiger partial charge in [-0.1, -0.05) is 0 Å². The van der Waals surface area contributed by atoms with Crippen molar-refractivity contribution >= 4 is 16.3 Å². The zero-order valence-electron chi connectivity index (χ0n) is 8.64. The van der Waals surface area contributed by atoms with Gasteiger partial charge in [-0.3, -0.25) is 4.40 Å². The number of aromatic nitrogens is 2. The van der Waals surface area contributed by atoms with Crippen LogP contribution in [0.4, 0.5) is 4.39 Å². The summed E-state index contributed by atoms with van der Waals surface area (Å²) in [7, 11) is 0. The van der Waals surface area contributed by atoms with Crippen LogP contribution in [0.1, 0.15) is 5.56 Å². The summed E-state index contributed by atoms with van der Waals surface area (Å²) >= 11 is 1.58. The Labute approximate surface area is 96.0 Å². The molecule has 0 spiro atoms.